The van der Waals surface area contributed by atoms with Crippen LogP contribution in [-0.2, 0) is 4.74 Å². The molecule has 41 heavy (non-hydrogen) atoms. The van der Waals surface area contributed by atoms with Crippen LogP contribution in [0.4, 0.5) is 27.8 Å². The fourth-order valence-corrected chi connectivity index (χ4v) is 4.89. The summed E-state index contributed by atoms with van der Waals surface area (Å²) in [6.45, 7) is 6.18. The number of hydrogen-bond donors (Lipinski definition) is 4. The van der Waals surface area contributed by atoms with E-state index in [9.17, 15) is 9.59 Å². The van der Waals surface area contributed by atoms with E-state index in [-0.39, 0.29) is 11.9 Å². The highest BCUT2D eigenvalue weighted by molar-refractivity contribution is 6.00. The second-order valence-corrected chi connectivity index (χ2v) is 9.91. The molecular formula is C30H30N8O3. The number of hydrogen-bond acceptors (Lipinski definition) is 6. The Kier molecular flexibility index (Phi) is 7.09. The van der Waals surface area contributed by atoms with E-state index >= 15 is 0 Å². The van der Waals surface area contributed by atoms with E-state index in [1.165, 1.54) is 0 Å². The summed E-state index contributed by atoms with van der Waals surface area (Å²) in [6.07, 6.45) is 9.03. The number of carbonyl (C=O) groups is 2. The van der Waals surface area contributed by atoms with E-state index in [1.54, 1.807) is 29.4 Å². The zero-order valence-corrected chi connectivity index (χ0v) is 22.8. The number of fused-ring (bicyclic) bond motifs is 1. The Bertz CT molecular complexity index is 1720. The minimum atomic E-state index is -0.332. The molecule has 1 aliphatic heterocycles. The molecule has 0 bridgehead atoms. The topological polar surface area (TPSA) is 129 Å². The number of morpholine rings is 1. The standard InChI is InChI=1S/C30H30N8O3/c1-19-14-27(32-16-19)36-30(40)35-24-5-3-4-23(20(24)2)22-15-25(28-31-8-9-38(28)18-22)34-26-7-6-21(17-33-26)29(39)37-10-12-41-13-11-37/h3-9,14-18,32H,10-13H2,1-2H3,(H,33,34)(H2,35,36,40). The first-order valence-electron chi connectivity index (χ1n) is 13.3. The average molecular weight is 551 g/mol. The monoisotopic (exact) mass is 550 g/mol. The number of ether oxygens (including phenoxy) is 1. The van der Waals surface area contributed by atoms with Crippen molar-refractivity contribution in [2.75, 3.05) is 42.3 Å². The van der Waals surface area contributed by atoms with Crippen LogP contribution >= 0.6 is 0 Å². The van der Waals surface area contributed by atoms with Gasteiger partial charge in [0.25, 0.3) is 5.91 Å². The number of carbonyl (C=O) groups excluding carboxylic acids is 2. The number of imidazole rings is 1. The Balaban J connectivity index is 1.24. The lowest BCUT2D eigenvalue weighted by molar-refractivity contribution is 0.0302. The van der Waals surface area contributed by atoms with Crippen LogP contribution in [0.15, 0.2) is 73.4 Å². The lowest BCUT2D eigenvalue weighted by Crippen LogP contribution is -2.40. The van der Waals surface area contributed by atoms with Crippen molar-refractivity contribution >= 4 is 40.6 Å². The van der Waals surface area contributed by atoms with E-state index in [4.69, 9.17) is 4.74 Å². The SMILES string of the molecule is Cc1c[nH]c(NC(=O)Nc2cccc(-c3cc(Nc4ccc(C(=O)N5CCOCC5)cn4)c4nccn4c3)c2C)c1. The van der Waals surface area contributed by atoms with Crippen molar-refractivity contribution in [1.82, 2.24) is 24.3 Å². The van der Waals surface area contributed by atoms with Gasteiger partial charge in [-0.1, -0.05) is 12.1 Å². The van der Waals surface area contributed by atoms with Crippen LogP contribution in [0.3, 0.4) is 0 Å². The Morgan fingerprint density at radius 2 is 1.85 bits per heavy atom. The van der Waals surface area contributed by atoms with Crippen molar-refractivity contribution in [3.05, 3.63) is 90.1 Å². The van der Waals surface area contributed by atoms with Crippen LogP contribution in [0.5, 0.6) is 0 Å². The molecule has 3 amide bonds. The molecule has 1 aliphatic rings. The van der Waals surface area contributed by atoms with E-state index in [0.29, 0.717) is 49.2 Å². The van der Waals surface area contributed by atoms with Crippen LogP contribution in [0.2, 0.25) is 0 Å². The number of rotatable bonds is 6. The summed E-state index contributed by atoms with van der Waals surface area (Å²) >= 11 is 0. The third-order valence-corrected chi connectivity index (χ3v) is 7.03. The van der Waals surface area contributed by atoms with Crippen molar-refractivity contribution in [2.45, 2.75) is 13.8 Å². The van der Waals surface area contributed by atoms with Gasteiger partial charge in [-0.05, 0) is 60.9 Å². The van der Waals surface area contributed by atoms with Crippen LogP contribution in [0, 0.1) is 13.8 Å². The van der Waals surface area contributed by atoms with Crippen molar-refractivity contribution in [2.24, 2.45) is 0 Å². The van der Waals surface area contributed by atoms with Crippen molar-refractivity contribution < 1.29 is 14.3 Å². The summed E-state index contributed by atoms with van der Waals surface area (Å²) in [5.74, 6) is 1.17. The van der Waals surface area contributed by atoms with E-state index < -0.39 is 0 Å². The summed E-state index contributed by atoms with van der Waals surface area (Å²) in [6, 6.07) is 12.9. The molecule has 11 heteroatoms. The molecule has 1 fully saturated rings. The van der Waals surface area contributed by atoms with Gasteiger partial charge in [-0.15, -0.1) is 0 Å². The molecular weight excluding hydrogens is 520 g/mol. The number of benzene rings is 1. The third-order valence-electron chi connectivity index (χ3n) is 7.03. The van der Waals surface area contributed by atoms with Gasteiger partial charge in [0.15, 0.2) is 5.65 Å². The number of nitrogens with zero attached hydrogens (tertiary/aromatic N) is 4. The molecule has 0 unspecified atom stereocenters. The van der Waals surface area contributed by atoms with Crippen molar-refractivity contribution in [3.63, 3.8) is 0 Å². The molecule has 11 nitrogen and oxygen atoms in total. The number of H-pyrrole nitrogens is 1. The minimum Gasteiger partial charge on any atom is -0.378 e. The molecule has 4 N–H and O–H groups in total. The van der Waals surface area contributed by atoms with Crippen molar-refractivity contribution in [3.8, 4) is 11.1 Å². The summed E-state index contributed by atoms with van der Waals surface area (Å²) < 4.78 is 7.28. The van der Waals surface area contributed by atoms with Gasteiger partial charge in [-0.3, -0.25) is 10.1 Å². The second kappa shape index (κ2) is 11.1. The zero-order valence-electron chi connectivity index (χ0n) is 22.8. The fraction of sp³-hybridized carbons (Fsp3) is 0.200. The maximum Gasteiger partial charge on any atom is 0.324 e. The molecule has 0 saturated carbocycles. The third kappa shape index (κ3) is 5.61. The normalized spacial score (nSPS) is 13.3. The minimum absolute atomic E-state index is 0.0503. The Labute approximate surface area is 236 Å². The molecule has 0 spiro atoms. The molecule has 4 aromatic heterocycles. The highest BCUT2D eigenvalue weighted by Gasteiger charge is 2.19. The molecule has 1 saturated heterocycles. The van der Waals surface area contributed by atoms with E-state index in [1.807, 2.05) is 67.2 Å². The largest absolute Gasteiger partial charge is 0.378 e. The van der Waals surface area contributed by atoms with Gasteiger partial charge in [-0.25, -0.2) is 14.8 Å². The number of amides is 3. The quantitative estimate of drug-likeness (QED) is 0.230. The molecule has 208 valence electrons. The summed E-state index contributed by atoms with van der Waals surface area (Å²) in [7, 11) is 0. The molecule has 1 aromatic carbocycles. The molecule has 6 rings (SSSR count). The highest BCUT2D eigenvalue weighted by atomic mass is 16.5. The van der Waals surface area contributed by atoms with Crippen LogP contribution in [0.1, 0.15) is 21.5 Å². The lowest BCUT2D eigenvalue weighted by atomic mass is 10.00. The Hall–Kier alpha value is -5.16. The maximum absolute atomic E-state index is 12.8. The number of urea groups is 1. The van der Waals surface area contributed by atoms with Gasteiger partial charge >= 0.3 is 6.03 Å². The number of nitrogens with one attached hydrogen (secondary N) is 4. The number of aromatic amines is 1. The Morgan fingerprint density at radius 1 is 1.00 bits per heavy atom. The number of aryl methyl sites for hydroxylation is 1. The average Bonchev–Trinajstić information content (AvgIpc) is 3.63. The van der Waals surface area contributed by atoms with Crippen LogP contribution in [-0.4, -0.2) is 62.5 Å². The number of anilines is 4. The maximum atomic E-state index is 12.8. The Morgan fingerprint density at radius 3 is 2.61 bits per heavy atom. The first kappa shape index (κ1) is 26.1. The second-order valence-electron chi connectivity index (χ2n) is 9.91. The van der Waals surface area contributed by atoms with Gasteiger partial charge in [-0.2, -0.15) is 0 Å². The number of pyridine rings is 2. The van der Waals surface area contributed by atoms with Gasteiger partial charge in [0.1, 0.15) is 11.6 Å². The van der Waals surface area contributed by atoms with Gasteiger partial charge in [0.2, 0.25) is 0 Å². The van der Waals surface area contributed by atoms with Crippen LogP contribution in [0.25, 0.3) is 16.8 Å². The number of aromatic nitrogens is 4. The predicted molar refractivity (Wildman–Crippen MR) is 158 cm³/mol. The first-order valence-corrected chi connectivity index (χ1v) is 13.3. The molecule has 5 heterocycles. The molecule has 0 atom stereocenters. The van der Waals surface area contributed by atoms with Gasteiger partial charge < -0.3 is 29.7 Å². The summed E-state index contributed by atoms with van der Waals surface area (Å²) in [5.41, 5.74) is 6.56. The molecule has 0 radical (unpaired) electrons. The fourth-order valence-electron chi connectivity index (χ4n) is 4.89. The summed E-state index contributed by atoms with van der Waals surface area (Å²) in [4.78, 5) is 39.2. The smallest absolute Gasteiger partial charge is 0.324 e. The zero-order chi connectivity index (χ0) is 28.3. The molecule has 5 aromatic rings. The van der Waals surface area contributed by atoms with E-state index in [2.05, 4.69) is 30.9 Å². The highest BCUT2D eigenvalue weighted by Crippen LogP contribution is 2.32. The molecule has 0 aliphatic carbocycles. The van der Waals surface area contributed by atoms with E-state index in [0.717, 1.165) is 33.6 Å². The van der Waals surface area contributed by atoms with Crippen molar-refractivity contribution in [1.29, 1.82) is 0 Å². The summed E-state index contributed by atoms with van der Waals surface area (Å²) in [5, 5.41) is 9.13. The van der Waals surface area contributed by atoms with Gasteiger partial charge in [0.05, 0.1) is 24.5 Å². The van der Waals surface area contributed by atoms with Crippen LogP contribution < -0.4 is 16.0 Å². The lowest BCUT2D eigenvalue weighted by Gasteiger charge is -2.26. The van der Waals surface area contributed by atoms with Gasteiger partial charge in [0, 0.05) is 55.3 Å². The first-order chi connectivity index (χ1) is 19.9. The predicted octanol–water partition coefficient (Wildman–Crippen LogP) is 5.20.